The summed E-state index contributed by atoms with van der Waals surface area (Å²) in [5.41, 5.74) is 1.87. The van der Waals surface area contributed by atoms with Crippen molar-refractivity contribution in [2.75, 3.05) is 19.6 Å². The molecule has 1 N–H and O–H groups in total. The Labute approximate surface area is 162 Å². The number of aromatic nitrogens is 2. The number of carbonyl (C=O) groups excluding carboxylic acids is 1. The zero-order valence-electron chi connectivity index (χ0n) is 16.6. The van der Waals surface area contributed by atoms with Gasteiger partial charge >= 0.3 is 0 Å². The maximum atomic E-state index is 12.2. The highest BCUT2D eigenvalue weighted by Gasteiger charge is 2.30. The Hall–Kier alpha value is -2.40. The fourth-order valence-corrected chi connectivity index (χ4v) is 3.53. The highest BCUT2D eigenvalue weighted by molar-refractivity contribution is 5.91. The molecule has 0 aliphatic carbocycles. The summed E-state index contributed by atoms with van der Waals surface area (Å²) < 4.78 is 1.80. The zero-order valence-corrected chi connectivity index (χ0v) is 16.6. The maximum Gasteiger partial charge on any atom is 0.244 e. The number of benzene rings is 1. The SMILES string of the molecule is CC1CCCN(C(C)(C)CNC(=O)/C=C/c2cnn(-c3ccccc3)c2)C1. The second kappa shape index (κ2) is 8.53. The first-order chi connectivity index (χ1) is 12.9. The molecule has 0 radical (unpaired) electrons. The van der Waals surface area contributed by atoms with Gasteiger partial charge in [0.1, 0.15) is 0 Å². The molecule has 0 bridgehead atoms. The van der Waals surface area contributed by atoms with Crippen molar-refractivity contribution in [3.63, 3.8) is 0 Å². The molecule has 2 aromatic rings. The predicted octanol–water partition coefficient (Wildman–Crippen LogP) is 3.51. The normalized spacial score (nSPS) is 18.7. The molecule has 2 heterocycles. The van der Waals surface area contributed by atoms with E-state index in [0.717, 1.165) is 30.3 Å². The van der Waals surface area contributed by atoms with Gasteiger partial charge in [-0.1, -0.05) is 25.1 Å². The molecule has 0 spiro atoms. The summed E-state index contributed by atoms with van der Waals surface area (Å²) in [5.74, 6) is 0.662. The lowest BCUT2D eigenvalue weighted by atomic mass is 9.93. The lowest BCUT2D eigenvalue weighted by Gasteiger charge is -2.43. The average molecular weight is 367 g/mol. The minimum Gasteiger partial charge on any atom is -0.351 e. The van der Waals surface area contributed by atoms with Crippen molar-refractivity contribution in [1.29, 1.82) is 0 Å². The lowest BCUT2D eigenvalue weighted by Crippen LogP contribution is -2.54. The van der Waals surface area contributed by atoms with Gasteiger partial charge in [-0.3, -0.25) is 9.69 Å². The van der Waals surface area contributed by atoms with Crippen LogP contribution in [0.2, 0.25) is 0 Å². The minimum absolute atomic E-state index is 0.0314. The van der Waals surface area contributed by atoms with Crippen LogP contribution < -0.4 is 5.32 Å². The molecule has 1 unspecified atom stereocenters. The van der Waals surface area contributed by atoms with E-state index in [4.69, 9.17) is 0 Å². The third-order valence-electron chi connectivity index (χ3n) is 5.26. The van der Waals surface area contributed by atoms with Crippen LogP contribution in [0.3, 0.4) is 0 Å². The van der Waals surface area contributed by atoms with E-state index in [1.165, 1.54) is 12.8 Å². The van der Waals surface area contributed by atoms with Crippen LogP contribution in [0.4, 0.5) is 0 Å². The van der Waals surface area contributed by atoms with Crippen molar-refractivity contribution < 1.29 is 4.79 Å². The number of hydrogen-bond donors (Lipinski definition) is 1. The first-order valence-corrected chi connectivity index (χ1v) is 9.75. The molecule has 1 saturated heterocycles. The van der Waals surface area contributed by atoms with Crippen LogP contribution >= 0.6 is 0 Å². The van der Waals surface area contributed by atoms with Gasteiger partial charge in [0.25, 0.3) is 0 Å². The number of para-hydroxylation sites is 1. The minimum atomic E-state index is -0.0689. The van der Waals surface area contributed by atoms with E-state index in [2.05, 4.69) is 36.1 Å². The second-order valence-corrected chi connectivity index (χ2v) is 8.11. The predicted molar refractivity (Wildman–Crippen MR) is 110 cm³/mol. The molecule has 1 aromatic heterocycles. The Morgan fingerprint density at radius 3 is 2.85 bits per heavy atom. The second-order valence-electron chi connectivity index (χ2n) is 8.11. The van der Waals surface area contributed by atoms with Gasteiger partial charge in [-0.2, -0.15) is 5.10 Å². The van der Waals surface area contributed by atoms with Crippen molar-refractivity contribution >= 4 is 12.0 Å². The molecule has 1 atom stereocenters. The molecule has 3 rings (SSSR count). The largest absolute Gasteiger partial charge is 0.351 e. The molecular formula is C22H30N4O. The monoisotopic (exact) mass is 366 g/mol. The van der Waals surface area contributed by atoms with Gasteiger partial charge in [0.15, 0.2) is 0 Å². The summed E-state index contributed by atoms with van der Waals surface area (Å²) in [5, 5.41) is 7.39. The summed E-state index contributed by atoms with van der Waals surface area (Å²) in [6, 6.07) is 9.92. The van der Waals surface area contributed by atoms with E-state index in [-0.39, 0.29) is 11.4 Å². The first kappa shape index (κ1) is 19.4. The van der Waals surface area contributed by atoms with Crippen LogP contribution in [0, 0.1) is 5.92 Å². The number of nitrogens with one attached hydrogen (secondary N) is 1. The Kier molecular flexibility index (Phi) is 6.11. The Bertz CT molecular complexity index is 779. The molecule has 1 amide bonds. The highest BCUT2D eigenvalue weighted by Crippen LogP contribution is 2.23. The van der Waals surface area contributed by atoms with Crippen LogP contribution in [0.15, 0.2) is 48.8 Å². The van der Waals surface area contributed by atoms with Gasteiger partial charge in [0, 0.05) is 36.5 Å². The number of likely N-dealkylation sites (tertiary alicyclic amines) is 1. The molecule has 5 heteroatoms. The Morgan fingerprint density at radius 2 is 2.11 bits per heavy atom. The summed E-state index contributed by atoms with van der Waals surface area (Å²) in [4.78, 5) is 14.7. The summed E-state index contributed by atoms with van der Waals surface area (Å²) in [7, 11) is 0. The molecule has 1 fully saturated rings. The summed E-state index contributed by atoms with van der Waals surface area (Å²) >= 11 is 0. The molecule has 1 aliphatic heterocycles. The zero-order chi connectivity index (χ0) is 19.3. The van der Waals surface area contributed by atoms with E-state index >= 15 is 0 Å². The van der Waals surface area contributed by atoms with Crippen molar-refractivity contribution in [3.05, 3.63) is 54.4 Å². The van der Waals surface area contributed by atoms with Crippen LogP contribution in [0.5, 0.6) is 0 Å². The van der Waals surface area contributed by atoms with E-state index in [1.807, 2.05) is 36.5 Å². The first-order valence-electron chi connectivity index (χ1n) is 9.75. The van der Waals surface area contributed by atoms with Crippen molar-refractivity contribution in [2.45, 2.75) is 39.2 Å². The molecule has 0 saturated carbocycles. The van der Waals surface area contributed by atoms with Crippen LogP contribution in [-0.4, -0.2) is 45.8 Å². The van der Waals surface area contributed by atoms with Crippen LogP contribution in [0.25, 0.3) is 11.8 Å². The van der Waals surface area contributed by atoms with Crippen molar-refractivity contribution in [1.82, 2.24) is 20.0 Å². The number of rotatable bonds is 6. The van der Waals surface area contributed by atoms with Crippen LogP contribution in [-0.2, 0) is 4.79 Å². The van der Waals surface area contributed by atoms with Crippen molar-refractivity contribution in [3.8, 4) is 5.69 Å². The fraction of sp³-hybridized carbons (Fsp3) is 0.455. The quantitative estimate of drug-likeness (QED) is 0.796. The molecule has 5 nitrogen and oxygen atoms in total. The number of hydrogen-bond acceptors (Lipinski definition) is 3. The Balaban J connectivity index is 1.52. The number of amides is 1. The van der Waals surface area contributed by atoms with Gasteiger partial charge < -0.3 is 5.32 Å². The Morgan fingerprint density at radius 1 is 1.33 bits per heavy atom. The van der Waals surface area contributed by atoms with Gasteiger partial charge in [0.2, 0.25) is 5.91 Å². The van der Waals surface area contributed by atoms with E-state index in [0.29, 0.717) is 6.54 Å². The number of nitrogens with zero attached hydrogens (tertiary/aromatic N) is 3. The standard InChI is InChI=1S/C22H30N4O/c1-18-8-7-13-25(15-18)22(2,3)17-23-21(27)12-11-19-14-24-26(16-19)20-9-5-4-6-10-20/h4-6,9-12,14,16,18H,7-8,13,15,17H2,1-3H3,(H,23,27)/b12-11+. The lowest BCUT2D eigenvalue weighted by molar-refractivity contribution is -0.117. The van der Waals surface area contributed by atoms with E-state index in [9.17, 15) is 4.79 Å². The highest BCUT2D eigenvalue weighted by atomic mass is 16.1. The third kappa shape index (κ3) is 5.30. The summed E-state index contributed by atoms with van der Waals surface area (Å²) in [6.45, 7) is 9.59. The van der Waals surface area contributed by atoms with Gasteiger partial charge in [-0.15, -0.1) is 0 Å². The molecule has 1 aliphatic rings. The smallest absolute Gasteiger partial charge is 0.244 e. The molecular weight excluding hydrogens is 336 g/mol. The number of piperidine rings is 1. The van der Waals surface area contributed by atoms with Gasteiger partial charge in [-0.05, 0) is 57.4 Å². The van der Waals surface area contributed by atoms with E-state index < -0.39 is 0 Å². The number of carbonyl (C=O) groups is 1. The maximum absolute atomic E-state index is 12.2. The molecule has 1 aromatic carbocycles. The van der Waals surface area contributed by atoms with E-state index in [1.54, 1.807) is 23.0 Å². The average Bonchev–Trinajstić information content (AvgIpc) is 3.15. The topological polar surface area (TPSA) is 50.2 Å². The molecule has 144 valence electrons. The fourth-order valence-electron chi connectivity index (χ4n) is 3.53. The van der Waals surface area contributed by atoms with Gasteiger partial charge in [0.05, 0.1) is 11.9 Å². The van der Waals surface area contributed by atoms with Gasteiger partial charge in [-0.25, -0.2) is 4.68 Å². The van der Waals surface area contributed by atoms with Crippen molar-refractivity contribution in [2.24, 2.45) is 5.92 Å². The third-order valence-corrected chi connectivity index (χ3v) is 5.26. The van der Waals surface area contributed by atoms with Crippen LogP contribution in [0.1, 0.15) is 39.2 Å². The molecule has 27 heavy (non-hydrogen) atoms. The summed E-state index contributed by atoms with van der Waals surface area (Å²) in [6.07, 6.45) is 9.61.